The highest BCUT2D eigenvalue weighted by Crippen LogP contribution is 2.09. The average molecular weight is 278 g/mol. The topological polar surface area (TPSA) is 107 Å². The first kappa shape index (κ1) is 18.3. The van der Waals surface area contributed by atoms with Crippen LogP contribution in [0, 0.1) is 0 Å². The van der Waals surface area contributed by atoms with Gasteiger partial charge in [-0.15, -0.1) is 0 Å². The molecule has 4 N–H and O–H groups in total. The normalized spacial score (nSPS) is 14.1. The number of aliphatic hydroxyl groups excluding tert-OH is 4. The number of hydrogen-bond acceptors (Lipinski definition) is 6. The number of aliphatic hydroxyl groups is 4. The number of esters is 1. The molecule has 0 heterocycles. The summed E-state index contributed by atoms with van der Waals surface area (Å²) in [5.41, 5.74) is 0. The maximum absolute atomic E-state index is 11.2. The van der Waals surface area contributed by atoms with Crippen LogP contribution in [0.4, 0.5) is 0 Å². The molecule has 2 atom stereocenters. The minimum Gasteiger partial charge on any atom is -0.463 e. The van der Waals surface area contributed by atoms with Gasteiger partial charge in [0.1, 0.15) is 12.7 Å². The Hall–Kier alpha value is -0.690. The molecule has 0 aromatic rings. The van der Waals surface area contributed by atoms with Gasteiger partial charge in [-0.05, 0) is 12.8 Å². The van der Waals surface area contributed by atoms with Crippen molar-refractivity contribution in [3.63, 3.8) is 0 Å². The molecule has 0 bridgehead atoms. The number of hydrogen-bond donors (Lipinski definition) is 4. The van der Waals surface area contributed by atoms with Gasteiger partial charge in [0.2, 0.25) is 0 Å². The van der Waals surface area contributed by atoms with Gasteiger partial charge < -0.3 is 25.2 Å². The van der Waals surface area contributed by atoms with Gasteiger partial charge in [0.25, 0.3) is 0 Å². The molecule has 6 heteroatoms. The highest BCUT2D eigenvalue weighted by Gasteiger charge is 2.07. The number of carbonyl (C=O) groups is 1. The first-order valence-corrected chi connectivity index (χ1v) is 6.83. The molecule has 0 rings (SSSR count). The molecule has 0 radical (unpaired) electrons. The van der Waals surface area contributed by atoms with Gasteiger partial charge in [0.05, 0.1) is 19.3 Å². The van der Waals surface area contributed by atoms with Crippen LogP contribution in [-0.2, 0) is 9.53 Å². The maximum atomic E-state index is 11.2. The third-order valence-corrected chi connectivity index (χ3v) is 2.78. The van der Waals surface area contributed by atoms with Crippen molar-refractivity contribution in [3.05, 3.63) is 0 Å². The lowest BCUT2D eigenvalue weighted by Gasteiger charge is -2.08. The first-order valence-electron chi connectivity index (χ1n) is 6.83. The summed E-state index contributed by atoms with van der Waals surface area (Å²) in [5, 5.41) is 35.2. The fraction of sp³-hybridized carbons (Fsp3) is 0.923. The summed E-state index contributed by atoms with van der Waals surface area (Å²) in [4.78, 5) is 11.2. The molecular weight excluding hydrogens is 252 g/mol. The van der Waals surface area contributed by atoms with Gasteiger partial charge in [-0.2, -0.15) is 0 Å². The van der Waals surface area contributed by atoms with Gasteiger partial charge in [0, 0.05) is 6.42 Å². The van der Waals surface area contributed by atoms with E-state index >= 15 is 0 Å². The van der Waals surface area contributed by atoms with Gasteiger partial charge in [-0.1, -0.05) is 25.7 Å². The van der Waals surface area contributed by atoms with Crippen molar-refractivity contribution in [1.82, 2.24) is 0 Å². The Bertz CT molecular complexity index is 221. The van der Waals surface area contributed by atoms with Gasteiger partial charge in [0.15, 0.2) is 0 Å². The quantitative estimate of drug-likeness (QED) is 0.295. The minimum atomic E-state index is -0.998. The number of carbonyl (C=O) groups excluding carboxylic acids is 1. The predicted octanol–water partition coefficient (Wildman–Crippen LogP) is -0.0333. The highest BCUT2D eigenvalue weighted by atomic mass is 16.5. The van der Waals surface area contributed by atoms with Crippen LogP contribution in [0.5, 0.6) is 0 Å². The summed E-state index contributed by atoms with van der Waals surface area (Å²) in [6.07, 6.45) is 3.77. The van der Waals surface area contributed by atoms with Crippen LogP contribution in [0.1, 0.15) is 44.9 Å². The Morgan fingerprint density at radius 3 is 2.11 bits per heavy atom. The molecule has 0 aliphatic rings. The van der Waals surface area contributed by atoms with Crippen LogP contribution in [-0.4, -0.2) is 58.4 Å². The summed E-state index contributed by atoms with van der Waals surface area (Å²) in [6.45, 7) is -0.757. The van der Waals surface area contributed by atoms with Gasteiger partial charge in [-0.25, -0.2) is 0 Å². The molecule has 0 saturated carbocycles. The van der Waals surface area contributed by atoms with E-state index in [-0.39, 0.29) is 19.2 Å². The second-order valence-electron chi connectivity index (χ2n) is 4.66. The van der Waals surface area contributed by atoms with Crippen LogP contribution >= 0.6 is 0 Å². The van der Waals surface area contributed by atoms with Crippen molar-refractivity contribution in [2.75, 3.05) is 19.8 Å². The summed E-state index contributed by atoms with van der Waals surface area (Å²) in [7, 11) is 0. The Morgan fingerprint density at radius 2 is 1.47 bits per heavy atom. The molecule has 0 amide bonds. The van der Waals surface area contributed by atoms with E-state index in [1.807, 2.05) is 0 Å². The van der Waals surface area contributed by atoms with E-state index in [9.17, 15) is 4.79 Å². The number of rotatable bonds is 12. The highest BCUT2D eigenvalue weighted by molar-refractivity contribution is 5.69. The van der Waals surface area contributed by atoms with Crippen LogP contribution in [0.2, 0.25) is 0 Å². The molecule has 0 aliphatic heterocycles. The van der Waals surface area contributed by atoms with Crippen LogP contribution < -0.4 is 0 Å². The van der Waals surface area contributed by atoms with E-state index in [2.05, 4.69) is 0 Å². The Labute approximate surface area is 114 Å². The summed E-state index contributed by atoms with van der Waals surface area (Å²) < 4.78 is 4.76. The smallest absolute Gasteiger partial charge is 0.305 e. The lowest BCUT2D eigenvalue weighted by atomic mass is 10.1. The minimum absolute atomic E-state index is 0.158. The summed E-state index contributed by atoms with van der Waals surface area (Å²) in [6, 6.07) is 0. The number of ether oxygens (including phenoxy) is 1. The Kier molecular flexibility index (Phi) is 11.9. The Morgan fingerprint density at radius 1 is 0.895 bits per heavy atom. The van der Waals surface area contributed by atoms with Crippen molar-refractivity contribution in [2.45, 2.75) is 57.2 Å². The zero-order valence-electron chi connectivity index (χ0n) is 11.3. The fourth-order valence-corrected chi connectivity index (χ4v) is 1.58. The lowest BCUT2D eigenvalue weighted by Crippen LogP contribution is -2.21. The SMILES string of the molecule is O=C(CCCCCCCC(O)CO)OCC(O)CO. The maximum Gasteiger partial charge on any atom is 0.305 e. The molecule has 0 fully saturated rings. The van der Waals surface area contributed by atoms with Crippen LogP contribution in [0.3, 0.4) is 0 Å². The van der Waals surface area contributed by atoms with E-state index in [0.717, 1.165) is 32.1 Å². The van der Waals surface area contributed by atoms with Crippen molar-refractivity contribution in [3.8, 4) is 0 Å². The molecule has 2 unspecified atom stereocenters. The van der Waals surface area contributed by atoms with Gasteiger partial charge in [-0.3, -0.25) is 4.79 Å². The summed E-state index contributed by atoms with van der Waals surface area (Å²) >= 11 is 0. The third kappa shape index (κ3) is 12.1. The first-order chi connectivity index (χ1) is 9.10. The van der Waals surface area contributed by atoms with Crippen molar-refractivity contribution >= 4 is 5.97 Å². The lowest BCUT2D eigenvalue weighted by molar-refractivity contribution is -0.147. The molecule has 19 heavy (non-hydrogen) atoms. The molecule has 0 spiro atoms. The van der Waals surface area contributed by atoms with Crippen molar-refractivity contribution < 1.29 is 30.0 Å². The van der Waals surface area contributed by atoms with Crippen LogP contribution in [0.25, 0.3) is 0 Å². The molecule has 114 valence electrons. The molecule has 6 nitrogen and oxygen atoms in total. The molecular formula is C13H26O6. The zero-order valence-corrected chi connectivity index (χ0v) is 11.3. The Balaban J connectivity index is 3.27. The molecule has 0 aliphatic carbocycles. The second kappa shape index (κ2) is 12.3. The molecule has 0 aromatic carbocycles. The van der Waals surface area contributed by atoms with Gasteiger partial charge >= 0.3 is 5.97 Å². The van der Waals surface area contributed by atoms with Crippen LogP contribution in [0.15, 0.2) is 0 Å². The average Bonchev–Trinajstić information content (AvgIpc) is 2.43. The van der Waals surface area contributed by atoms with Crippen molar-refractivity contribution in [2.24, 2.45) is 0 Å². The monoisotopic (exact) mass is 278 g/mol. The van der Waals surface area contributed by atoms with E-state index in [0.29, 0.717) is 12.8 Å². The van der Waals surface area contributed by atoms with E-state index < -0.39 is 18.8 Å². The molecule has 0 aromatic heterocycles. The standard InChI is InChI=1S/C13H26O6/c14-8-11(16)6-4-2-1-3-5-7-13(18)19-10-12(17)9-15/h11-12,14-17H,1-10H2. The van der Waals surface area contributed by atoms with E-state index in [4.69, 9.17) is 25.2 Å². The van der Waals surface area contributed by atoms with Crippen molar-refractivity contribution in [1.29, 1.82) is 0 Å². The third-order valence-electron chi connectivity index (χ3n) is 2.78. The summed E-state index contributed by atoms with van der Waals surface area (Å²) in [5.74, 6) is -0.358. The van der Waals surface area contributed by atoms with E-state index in [1.54, 1.807) is 0 Å². The van der Waals surface area contributed by atoms with E-state index in [1.165, 1.54) is 0 Å². The zero-order chi connectivity index (χ0) is 14.5. The molecule has 0 saturated heterocycles. The predicted molar refractivity (Wildman–Crippen MR) is 69.5 cm³/mol. The largest absolute Gasteiger partial charge is 0.463 e. The number of unbranched alkanes of at least 4 members (excludes halogenated alkanes) is 4. The second-order valence-corrected chi connectivity index (χ2v) is 4.66. The fourth-order valence-electron chi connectivity index (χ4n) is 1.58.